The van der Waals surface area contributed by atoms with Gasteiger partial charge in [-0.25, -0.2) is 4.79 Å². The molecule has 2 heterocycles. The van der Waals surface area contributed by atoms with Crippen molar-refractivity contribution in [2.75, 3.05) is 30.8 Å². The molecule has 0 radical (unpaired) electrons. The standard InChI is InChI=1S/C31H27ClN4O4/c1-3-30(37)36-15-12-20(13-16-36)23-18-24-27(19-29(23)39-2)33-14-11-28(24)40-22-9-10-26(25(32)17-22)35-31(38)34-21-7-5-4-6-8-21/h3-12,14,17-19H,1,13,15-16H2,2H3,(H2,34,35,38). The molecule has 3 aromatic carbocycles. The molecule has 0 spiro atoms. The number of para-hydroxylation sites is 1. The molecule has 0 atom stereocenters. The van der Waals surface area contributed by atoms with Gasteiger partial charge >= 0.3 is 6.03 Å². The lowest BCUT2D eigenvalue weighted by Crippen LogP contribution is -2.33. The number of aromatic nitrogens is 1. The number of ether oxygens (including phenoxy) is 2. The number of nitrogens with one attached hydrogen (secondary N) is 2. The van der Waals surface area contributed by atoms with Crippen molar-refractivity contribution in [3.63, 3.8) is 0 Å². The average molecular weight is 555 g/mol. The number of nitrogens with zero attached hydrogens (tertiary/aromatic N) is 2. The normalized spacial score (nSPS) is 12.8. The summed E-state index contributed by atoms with van der Waals surface area (Å²) >= 11 is 6.48. The number of halogens is 1. The number of amides is 3. The van der Waals surface area contributed by atoms with E-state index in [-0.39, 0.29) is 5.91 Å². The highest BCUT2D eigenvalue weighted by Crippen LogP contribution is 2.38. The molecule has 9 heteroatoms. The quantitative estimate of drug-likeness (QED) is 0.237. The van der Waals surface area contributed by atoms with Crippen molar-refractivity contribution >= 4 is 51.4 Å². The fraction of sp³-hybridized carbons (Fsp3) is 0.129. The lowest BCUT2D eigenvalue weighted by Gasteiger charge is -2.26. The lowest BCUT2D eigenvalue weighted by molar-refractivity contribution is -0.125. The van der Waals surface area contributed by atoms with Crippen LogP contribution in [-0.2, 0) is 4.79 Å². The van der Waals surface area contributed by atoms with Crippen LogP contribution >= 0.6 is 11.6 Å². The van der Waals surface area contributed by atoms with E-state index in [0.717, 1.165) is 16.5 Å². The largest absolute Gasteiger partial charge is 0.496 e. The van der Waals surface area contributed by atoms with Crippen LogP contribution in [-0.4, -0.2) is 42.0 Å². The molecule has 0 saturated carbocycles. The van der Waals surface area contributed by atoms with Gasteiger partial charge in [-0.1, -0.05) is 42.5 Å². The first-order valence-electron chi connectivity index (χ1n) is 12.6. The first-order valence-corrected chi connectivity index (χ1v) is 13.0. The number of carbonyl (C=O) groups is 2. The number of rotatable bonds is 7. The Morgan fingerprint density at radius 2 is 1.88 bits per heavy atom. The van der Waals surface area contributed by atoms with Gasteiger partial charge in [0.25, 0.3) is 0 Å². The number of benzene rings is 3. The summed E-state index contributed by atoms with van der Waals surface area (Å²) in [5, 5.41) is 6.63. The summed E-state index contributed by atoms with van der Waals surface area (Å²) in [4.78, 5) is 30.6. The van der Waals surface area contributed by atoms with Gasteiger partial charge in [0.1, 0.15) is 17.2 Å². The third-order valence-corrected chi connectivity index (χ3v) is 6.83. The topological polar surface area (TPSA) is 92.8 Å². The van der Waals surface area contributed by atoms with Gasteiger partial charge in [0.15, 0.2) is 0 Å². The van der Waals surface area contributed by atoms with Crippen molar-refractivity contribution in [2.45, 2.75) is 6.42 Å². The number of pyridine rings is 1. The zero-order chi connectivity index (χ0) is 28.1. The summed E-state index contributed by atoms with van der Waals surface area (Å²) in [6.07, 6.45) is 5.71. The molecule has 4 aromatic rings. The minimum atomic E-state index is -0.405. The molecule has 3 amide bonds. The third kappa shape index (κ3) is 5.92. The Balaban J connectivity index is 1.38. The zero-order valence-electron chi connectivity index (χ0n) is 21.8. The van der Waals surface area contributed by atoms with E-state index >= 15 is 0 Å². The molecule has 40 heavy (non-hydrogen) atoms. The number of hydrogen-bond donors (Lipinski definition) is 2. The number of carbonyl (C=O) groups excluding carboxylic acids is 2. The van der Waals surface area contributed by atoms with Gasteiger partial charge in [-0.05, 0) is 54.5 Å². The van der Waals surface area contributed by atoms with Gasteiger partial charge in [-0.3, -0.25) is 9.78 Å². The van der Waals surface area contributed by atoms with Gasteiger partial charge < -0.3 is 25.0 Å². The van der Waals surface area contributed by atoms with Gasteiger partial charge in [0.05, 0.1) is 23.3 Å². The Hall–Kier alpha value is -4.82. The minimum absolute atomic E-state index is 0.0858. The fourth-order valence-corrected chi connectivity index (χ4v) is 4.71. The van der Waals surface area contributed by atoms with E-state index in [1.165, 1.54) is 6.08 Å². The predicted molar refractivity (Wildman–Crippen MR) is 158 cm³/mol. The third-order valence-electron chi connectivity index (χ3n) is 6.51. The number of anilines is 2. The SMILES string of the molecule is C=CC(=O)N1CC=C(c2cc3c(Oc4ccc(NC(=O)Nc5ccccc5)c(Cl)c4)ccnc3cc2OC)CC1. The van der Waals surface area contributed by atoms with Crippen LogP contribution in [0.5, 0.6) is 17.2 Å². The van der Waals surface area contributed by atoms with Crippen LogP contribution in [0.25, 0.3) is 16.5 Å². The number of urea groups is 1. The van der Waals surface area contributed by atoms with Crippen molar-refractivity contribution in [1.82, 2.24) is 9.88 Å². The number of fused-ring (bicyclic) bond motifs is 1. The van der Waals surface area contributed by atoms with Crippen LogP contribution in [0, 0.1) is 0 Å². The second kappa shape index (κ2) is 11.9. The van der Waals surface area contributed by atoms with Crippen LogP contribution < -0.4 is 20.1 Å². The molecule has 0 bridgehead atoms. The minimum Gasteiger partial charge on any atom is -0.496 e. The van der Waals surface area contributed by atoms with Crippen molar-refractivity contribution in [2.24, 2.45) is 0 Å². The Morgan fingerprint density at radius 3 is 2.58 bits per heavy atom. The number of methoxy groups -OCH3 is 1. The average Bonchev–Trinajstić information content (AvgIpc) is 2.98. The summed E-state index contributed by atoms with van der Waals surface area (Å²) in [6, 6.07) is 19.4. The smallest absolute Gasteiger partial charge is 0.323 e. The van der Waals surface area contributed by atoms with E-state index in [0.29, 0.717) is 58.7 Å². The molecule has 5 rings (SSSR count). The van der Waals surface area contributed by atoms with E-state index in [9.17, 15) is 9.59 Å². The predicted octanol–water partition coefficient (Wildman–Crippen LogP) is 7.13. The number of hydrogen-bond acceptors (Lipinski definition) is 5. The first-order chi connectivity index (χ1) is 19.4. The van der Waals surface area contributed by atoms with Gasteiger partial charge in [0.2, 0.25) is 5.91 Å². The van der Waals surface area contributed by atoms with Crippen LogP contribution in [0.15, 0.2) is 91.7 Å². The highest BCUT2D eigenvalue weighted by Gasteiger charge is 2.20. The summed E-state index contributed by atoms with van der Waals surface area (Å²) < 4.78 is 11.9. The molecule has 2 N–H and O–H groups in total. The maximum Gasteiger partial charge on any atom is 0.323 e. The molecular weight excluding hydrogens is 528 g/mol. The van der Waals surface area contributed by atoms with Crippen LogP contribution in [0.3, 0.4) is 0 Å². The van der Waals surface area contributed by atoms with Crippen molar-refractivity contribution < 1.29 is 19.1 Å². The molecule has 8 nitrogen and oxygen atoms in total. The fourth-order valence-electron chi connectivity index (χ4n) is 4.49. The molecule has 0 fully saturated rings. The van der Waals surface area contributed by atoms with Gasteiger partial charge in [-0.2, -0.15) is 0 Å². The highest BCUT2D eigenvalue weighted by atomic mass is 35.5. The van der Waals surface area contributed by atoms with E-state index in [1.807, 2.05) is 36.4 Å². The monoisotopic (exact) mass is 554 g/mol. The van der Waals surface area contributed by atoms with Crippen LogP contribution in [0.4, 0.5) is 16.2 Å². The molecule has 0 saturated heterocycles. The summed E-state index contributed by atoms with van der Waals surface area (Å²) in [5.41, 5.74) is 3.82. The maximum atomic E-state index is 12.4. The van der Waals surface area contributed by atoms with Gasteiger partial charge in [-0.15, -0.1) is 0 Å². The summed E-state index contributed by atoms with van der Waals surface area (Å²) in [7, 11) is 1.62. The van der Waals surface area contributed by atoms with E-state index in [2.05, 4.69) is 22.2 Å². The van der Waals surface area contributed by atoms with Crippen molar-refractivity contribution in [1.29, 1.82) is 0 Å². The molecule has 202 valence electrons. The molecule has 1 aromatic heterocycles. The van der Waals surface area contributed by atoms with Gasteiger partial charge in [0, 0.05) is 48.1 Å². The summed E-state index contributed by atoms with van der Waals surface area (Å²) in [6.45, 7) is 4.67. The maximum absolute atomic E-state index is 12.4. The Bertz CT molecular complexity index is 1620. The van der Waals surface area contributed by atoms with Crippen molar-refractivity contribution in [3.8, 4) is 17.2 Å². The molecule has 1 aliphatic heterocycles. The Morgan fingerprint density at radius 1 is 1.05 bits per heavy atom. The van der Waals surface area contributed by atoms with Crippen LogP contribution in [0.1, 0.15) is 12.0 Å². The summed E-state index contributed by atoms with van der Waals surface area (Å²) in [5.74, 6) is 1.70. The van der Waals surface area contributed by atoms with E-state index < -0.39 is 6.03 Å². The molecule has 0 unspecified atom stereocenters. The van der Waals surface area contributed by atoms with E-state index in [4.69, 9.17) is 21.1 Å². The Labute approximate surface area is 236 Å². The van der Waals surface area contributed by atoms with Crippen LogP contribution in [0.2, 0.25) is 5.02 Å². The highest BCUT2D eigenvalue weighted by molar-refractivity contribution is 6.34. The lowest BCUT2D eigenvalue weighted by atomic mass is 9.96. The second-order valence-corrected chi connectivity index (χ2v) is 9.44. The zero-order valence-corrected chi connectivity index (χ0v) is 22.6. The molecule has 1 aliphatic rings. The van der Waals surface area contributed by atoms with Crippen molar-refractivity contribution in [3.05, 3.63) is 102 Å². The second-order valence-electron chi connectivity index (χ2n) is 9.04. The molecular formula is C31H27ClN4O4. The first kappa shape index (κ1) is 26.8. The Kier molecular flexibility index (Phi) is 7.98. The molecule has 0 aliphatic carbocycles. The van der Waals surface area contributed by atoms with E-state index in [1.54, 1.807) is 54.6 Å².